The molecule has 3 amide bonds. The molecule has 0 saturated heterocycles. The van der Waals surface area contributed by atoms with Gasteiger partial charge in [-0.2, -0.15) is 0 Å². The molecule has 9 heteroatoms. The highest BCUT2D eigenvalue weighted by Crippen LogP contribution is 2.27. The topological polar surface area (TPSA) is 117 Å². The quantitative estimate of drug-likeness (QED) is 0.286. The predicted octanol–water partition coefficient (Wildman–Crippen LogP) is 5.68. The number of nitrogens with zero attached hydrogens (tertiary/aromatic N) is 1. The molecule has 0 saturated carbocycles. The number of hydrogen-bond donors (Lipinski definition) is 3. The molecule has 0 radical (unpaired) electrons. The summed E-state index contributed by atoms with van der Waals surface area (Å²) in [6, 6.07) is 17.1. The van der Waals surface area contributed by atoms with Gasteiger partial charge in [0, 0.05) is 18.7 Å². The van der Waals surface area contributed by atoms with Gasteiger partial charge in [-0.25, -0.2) is 4.79 Å². The van der Waals surface area contributed by atoms with Crippen LogP contribution < -0.4 is 15.4 Å². The highest BCUT2D eigenvalue weighted by molar-refractivity contribution is 5.99. The Morgan fingerprint density at radius 3 is 2.05 bits per heavy atom. The maximum atomic E-state index is 14.3. The Morgan fingerprint density at radius 2 is 1.52 bits per heavy atom. The van der Waals surface area contributed by atoms with Crippen LogP contribution in [0.1, 0.15) is 56.0 Å². The molecule has 42 heavy (non-hydrogen) atoms. The minimum Gasteiger partial charge on any atom is -0.508 e. The van der Waals surface area contributed by atoms with Crippen LogP contribution >= 0.6 is 0 Å². The highest BCUT2D eigenvalue weighted by Gasteiger charge is 2.36. The molecule has 0 aliphatic heterocycles. The zero-order valence-corrected chi connectivity index (χ0v) is 25.4. The molecule has 0 aliphatic carbocycles. The van der Waals surface area contributed by atoms with Gasteiger partial charge >= 0.3 is 6.09 Å². The Balaban J connectivity index is 2.02. The summed E-state index contributed by atoms with van der Waals surface area (Å²) >= 11 is 0. The number of amides is 3. The lowest BCUT2D eigenvalue weighted by atomic mass is 9.97. The van der Waals surface area contributed by atoms with Crippen molar-refractivity contribution in [2.24, 2.45) is 0 Å². The van der Waals surface area contributed by atoms with Crippen LogP contribution in [0.4, 0.5) is 10.5 Å². The summed E-state index contributed by atoms with van der Waals surface area (Å²) in [6.07, 6.45) is -0.629. The first kappa shape index (κ1) is 32.0. The first-order chi connectivity index (χ1) is 19.8. The van der Waals surface area contributed by atoms with Crippen LogP contribution in [0.5, 0.6) is 11.5 Å². The molecule has 0 bridgehead atoms. The number of hydrogen-bond acceptors (Lipinski definition) is 6. The monoisotopic (exact) mass is 575 g/mol. The summed E-state index contributed by atoms with van der Waals surface area (Å²) in [5, 5.41) is 15.4. The van der Waals surface area contributed by atoms with Gasteiger partial charge in [0.25, 0.3) is 5.91 Å². The number of carbonyl (C=O) groups is 3. The van der Waals surface area contributed by atoms with E-state index in [-0.39, 0.29) is 18.7 Å². The van der Waals surface area contributed by atoms with Crippen LogP contribution in [0.25, 0.3) is 0 Å². The standard InChI is InChI=1S/C33H41N3O6/c1-8-36(31(39)28(35-32(40)42-33(4,5)6)20-23-9-13-26(37)14-10-23)29(24-18-21(2)17-22(3)19-24)30(38)34-25-11-15-27(41-7)16-12-25/h9-19,28-29,37H,8,20H2,1-7H3,(H,34,38)(H,35,40). The predicted molar refractivity (Wildman–Crippen MR) is 163 cm³/mol. The third-order valence-corrected chi connectivity index (χ3v) is 6.47. The smallest absolute Gasteiger partial charge is 0.408 e. The number of alkyl carbamates (subject to hydrolysis) is 1. The van der Waals surface area contributed by atoms with Gasteiger partial charge in [0.1, 0.15) is 29.2 Å². The number of benzene rings is 3. The summed E-state index contributed by atoms with van der Waals surface area (Å²) < 4.78 is 10.7. The number of phenols is 1. The van der Waals surface area contributed by atoms with Gasteiger partial charge in [0.15, 0.2) is 0 Å². The maximum absolute atomic E-state index is 14.3. The molecule has 0 aromatic heterocycles. The van der Waals surface area contributed by atoms with Crippen LogP contribution in [0, 0.1) is 13.8 Å². The Kier molecular flexibility index (Phi) is 10.6. The molecule has 2 atom stereocenters. The number of aryl methyl sites for hydroxylation is 2. The largest absolute Gasteiger partial charge is 0.508 e. The van der Waals surface area contributed by atoms with Crippen molar-refractivity contribution in [2.75, 3.05) is 19.0 Å². The summed E-state index contributed by atoms with van der Waals surface area (Å²) in [6.45, 7) is 11.1. The number of ether oxygens (including phenoxy) is 2. The van der Waals surface area contributed by atoms with E-state index in [4.69, 9.17) is 9.47 Å². The second-order valence-electron chi connectivity index (χ2n) is 11.2. The molecule has 9 nitrogen and oxygen atoms in total. The lowest BCUT2D eigenvalue weighted by Crippen LogP contribution is -2.53. The summed E-state index contributed by atoms with van der Waals surface area (Å²) in [5.74, 6) is -0.122. The van der Waals surface area contributed by atoms with Crippen molar-refractivity contribution in [2.45, 2.75) is 65.6 Å². The van der Waals surface area contributed by atoms with Gasteiger partial charge in [-0.3, -0.25) is 9.59 Å². The van der Waals surface area contributed by atoms with Crippen molar-refractivity contribution in [3.05, 3.63) is 89.0 Å². The van der Waals surface area contributed by atoms with Gasteiger partial charge in [0.2, 0.25) is 5.91 Å². The van der Waals surface area contributed by atoms with Crippen LogP contribution in [0.3, 0.4) is 0 Å². The molecule has 0 aliphatic rings. The first-order valence-corrected chi connectivity index (χ1v) is 13.9. The number of aromatic hydroxyl groups is 1. The van der Waals surface area contributed by atoms with Crippen molar-refractivity contribution in [3.63, 3.8) is 0 Å². The fourth-order valence-electron chi connectivity index (χ4n) is 4.71. The van der Waals surface area contributed by atoms with Gasteiger partial charge in [0.05, 0.1) is 7.11 Å². The zero-order valence-electron chi connectivity index (χ0n) is 25.4. The lowest BCUT2D eigenvalue weighted by Gasteiger charge is -2.34. The van der Waals surface area contributed by atoms with Crippen LogP contribution in [-0.2, 0) is 20.7 Å². The molecule has 3 aromatic carbocycles. The van der Waals surface area contributed by atoms with E-state index in [1.807, 2.05) is 32.0 Å². The molecule has 0 spiro atoms. The van der Waals surface area contributed by atoms with Crippen molar-refractivity contribution in [3.8, 4) is 11.5 Å². The van der Waals surface area contributed by atoms with Crippen molar-refractivity contribution in [1.29, 1.82) is 0 Å². The number of phenolic OH excluding ortho intramolecular Hbond substituents is 1. The molecule has 3 N–H and O–H groups in total. The first-order valence-electron chi connectivity index (χ1n) is 13.9. The molecule has 2 unspecified atom stereocenters. The number of rotatable bonds is 10. The van der Waals surface area contributed by atoms with Crippen LogP contribution in [-0.4, -0.2) is 53.2 Å². The molecule has 0 fully saturated rings. The molecule has 3 aromatic rings. The van der Waals surface area contributed by atoms with Crippen molar-refractivity contribution in [1.82, 2.24) is 10.2 Å². The fraction of sp³-hybridized carbons (Fsp3) is 0.364. The summed E-state index contributed by atoms with van der Waals surface area (Å²) in [5.41, 5.74) is 3.02. The normalized spacial score (nSPS) is 12.5. The second kappa shape index (κ2) is 13.9. The van der Waals surface area contributed by atoms with Gasteiger partial charge < -0.3 is 30.1 Å². The molecule has 224 valence electrons. The van der Waals surface area contributed by atoms with E-state index >= 15 is 0 Å². The van der Waals surface area contributed by atoms with E-state index in [1.54, 1.807) is 71.2 Å². The SMILES string of the molecule is CCN(C(=O)C(Cc1ccc(O)cc1)NC(=O)OC(C)(C)C)C(C(=O)Nc1ccc(OC)cc1)c1cc(C)cc(C)c1. The van der Waals surface area contributed by atoms with Crippen molar-refractivity contribution < 1.29 is 29.0 Å². The zero-order chi connectivity index (χ0) is 31.0. The number of likely N-dealkylation sites (N-methyl/N-ethyl adjacent to an activating group) is 1. The minimum absolute atomic E-state index is 0.0852. The van der Waals surface area contributed by atoms with Gasteiger partial charge in [-0.15, -0.1) is 0 Å². The van der Waals surface area contributed by atoms with Crippen LogP contribution in [0.2, 0.25) is 0 Å². The van der Waals surface area contributed by atoms with E-state index in [0.717, 1.165) is 11.1 Å². The second-order valence-corrected chi connectivity index (χ2v) is 11.2. The Hall–Kier alpha value is -4.53. The highest BCUT2D eigenvalue weighted by atomic mass is 16.6. The Bertz CT molecular complexity index is 1360. The lowest BCUT2D eigenvalue weighted by molar-refractivity contribution is -0.140. The van der Waals surface area contributed by atoms with E-state index in [1.165, 1.54) is 17.0 Å². The molecule has 0 heterocycles. The van der Waals surface area contributed by atoms with Gasteiger partial charge in [-0.1, -0.05) is 41.5 Å². The average molecular weight is 576 g/mol. The van der Waals surface area contributed by atoms with E-state index in [2.05, 4.69) is 10.6 Å². The third-order valence-electron chi connectivity index (χ3n) is 6.47. The van der Waals surface area contributed by atoms with E-state index < -0.39 is 35.6 Å². The van der Waals surface area contributed by atoms with E-state index in [0.29, 0.717) is 22.6 Å². The minimum atomic E-state index is -1.05. The number of carbonyl (C=O) groups excluding carboxylic acids is 3. The molecule has 3 rings (SSSR count). The number of anilines is 1. The third kappa shape index (κ3) is 8.99. The fourth-order valence-corrected chi connectivity index (χ4v) is 4.71. The Morgan fingerprint density at radius 1 is 0.929 bits per heavy atom. The number of methoxy groups -OCH3 is 1. The van der Waals surface area contributed by atoms with Gasteiger partial charge in [-0.05, 0) is 89.1 Å². The molecular weight excluding hydrogens is 534 g/mol. The number of nitrogens with one attached hydrogen (secondary N) is 2. The summed E-state index contributed by atoms with van der Waals surface area (Å²) in [4.78, 5) is 42.5. The van der Waals surface area contributed by atoms with E-state index in [9.17, 15) is 19.5 Å². The molecular formula is C33H41N3O6. The van der Waals surface area contributed by atoms with Crippen LogP contribution in [0.15, 0.2) is 66.7 Å². The van der Waals surface area contributed by atoms with Crippen molar-refractivity contribution >= 4 is 23.6 Å². The summed E-state index contributed by atoms with van der Waals surface area (Å²) in [7, 11) is 1.56. The Labute approximate surface area is 247 Å². The average Bonchev–Trinajstić information content (AvgIpc) is 2.90. The maximum Gasteiger partial charge on any atom is 0.408 e.